The third-order valence-corrected chi connectivity index (χ3v) is 25.0. The number of amides is 5. The second-order valence-corrected chi connectivity index (χ2v) is 38.2. The maximum atomic E-state index is 11.8. The maximum Gasteiger partial charge on any atom is 1.00 e. The van der Waals surface area contributed by atoms with Crippen molar-refractivity contribution in [2.24, 2.45) is 10.0 Å². The fourth-order valence-electron chi connectivity index (χ4n) is 10.2. The molecule has 38 nitrogen and oxygen atoms in total. The molecule has 0 saturated heterocycles. The third kappa shape index (κ3) is 83.4. The number of ketones is 2. The topological polar surface area (TPSA) is 510 Å². The first-order valence-corrected chi connectivity index (χ1v) is 51.9. The van der Waals surface area contributed by atoms with Crippen LogP contribution < -0.4 is 105 Å². The quantitative estimate of drug-likeness (QED) is 0.00453. The Morgan fingerprint density at radius 1 is 0.552 bits per heavy atom. The Morgan fingerprint density at radius 2 is 0.951 bits per heavy atom. The molecule has 780 valence electrons. The van der Waals surface area contributed by atoms with Crippen molar-refractivity contribution in [3.63, 3.8) is 0 Å². The van der Waals surface area contributed by atoms with Crippen LogP contribution in [0.1, 0.15) is 153 Å². The molecule has 5 amide bonds. The number of hydrogen-bond donors (Lipinski definition) is 3. The molecule has 55 heteroatoms. The molecule has 0 unspecified atom stereocenters. The van der Waals surface area contributed by atoms with Crippen LogP contribution in [0, 0.1) is 11.3 Å². The summed E-state index contributed by atoms with van der Waals surface area (Å²) in [4.78, 5) is 186. The number of nitriles is 1. The Labute approximate surface area is 969 Å². The monoisotopic (exact) mass is 2390 g/mol. The first-order chi connectivity index (χ1) is 66.4. The molecule has 0 saturated carbocycles. The van der Waals surface area contributed by atoms with Gasteiger partial charge >= 0.3 is 173 Å². The van der Waals surface area contributed by atoms with Gasteiger partial charge in [0, 0.05) is 151 Å². The molecular weight excluding hydrogens is 2270 g/mol. The zero-order valence-electron chi connectivity index (χ0n) is 83.6. The molecule has 3 aliphatic rings. The average Bonchev–Trinajstić information content (AvgIpc) is 1.60. The molecule has 10 heterocycles. The van der Waals surface area contributed by atoms with Crippen molar-refractivity contribution >= 4 is 257 Å². The van der Waals surface area contributed by atoms with Crippen LogP contribution in [-0.2, 0) is 153 Å². The molecule has 4 radical (unpaired) electrons. The predicted molar refractivity (Wildman–Crippen MR) is 553 cm³/mol. The van der Waals surface area contributed by atoms with E-state index >= 15 is 0 Å². The minimum absolute atomic E-state index is 0. The van der Waals surface area contributed by atoms with Gasteiger partial charge in [0.2, 0.25) is 5.97 Å². The number of carbonyl (C=O) groups excluding carboxylic acids is 15. The second-order valence-electron chi connectivity index (χ2n) is 26.0. The van der Waals surface area contributed by atoms with Gasteiger partial charge in [-0.25, -0.2) is 48.1 Å². The normalized spacial score (nSPS) is 10.7. The molecule has 0 atom stereocenters. The van der Waals surface area contributed by atoms with Crippen LogP contribution in [-0.4, -0.2) is 274 Å². The molecule has 3 aliphatic heterocycles. The Kier molecular flexibility index (Phi) is 108. The van der Waals surface area contributed by atoms with E-state index < -0.39 is 47.3 Å². The van der Waals surface area contributed by atoms with Crippen molar-refractivity contribution in [1.29, 1.82) is 5.26 Å². The predicted octanol–water partition coefficient (Wildman–Crippen LogP) is 7.42. The van der Waals surface area contributed by atoms with E-state index in [0.29, 0.717) is 78.8 Å². The molecule has 0 bridgehead atoms. The Bertz CT molecular complexity index is 4590. The Morgan fingerprint density at radius 3 is 1.36 bits per heavy atom. The summed E-state index contributed by atoms with van der Waals surface area (Å²) < 4.78 is 48.3. The summed E-state index contributed by atoms with van der Waals surface area (Å²) in [6.07, 6.45) is 6.89. The standard InChI is InChI=1S/C13H18BrNO4S.C11H14BrNO2S.C11H13NO3S.C11H15NO2S.C11H17NO2S.C10H14BrNO2S.C6H9NS.C4H6O4.C3H5ClO2.C3H4O2.C2H3BO2.C2H3N.CH2O3.BHNS.3Na.H2O/c1-3-18-12(16)9-15(13(17)19-4-2)8-7-10-5-6-11(14)20-10;1-2-15-11(14)13-5-3-8-7-10(12)16-9(8)4-6-13;1-2-15-11(14)12-5-3-10-8(4-6-16-10)9(13)7-12;1-2-14-11(13)12-6-3-9-5-8-15-10(9)4-7-12;1-3-12(11(13)14-4-2)8-7-10-6-5-9-15-10;1-2-14-10(13)7-12-6-5-8-3-4-9(11)15-8;7-4-3-6-2-1-5-8-6;1-3(5)7-8-4(2)6;1-2-6-3(4)5;1-3(5)2-4;1-2(4)5-3;1-2-3;2-1-4-3;1-2-3;;;;/h5-6H,3-4,7-9H2,1-2H3;7H,2-6H2,1H3;4,6H,2-3,5,7H2,1H3;5,8H,2-4,6-7H2,1H3;5-6,9H,3-4,7-8H2,1-2H3;3-4,12H,2,5-7H2,1H3;1-2,5H,3-4,7H2;1-2H3;2H2,1H3;2H,1H3;1H3;1H3;1,3H;3H;;;;1H2/q;;;;;;;;;;-1;;;;3*+1;/p-2. The van der Waals surface area contributed by atoms with Gasteiger partial charge in [0.25, 0.3) is 6.47 Å². The van der Waals surface area contributed by atoms with Crippen molar-refractivity contribution in [1.82, 2.24) is 29.8 Å². The fraction of sp³-hybridized carbons (Fsp3) is 0.500. The number of carbonyl (C=O) groups is 15. The minimum atomic E-state index is -0.738. The molecule has 0 aliphatic carbocycles. The number of thiol groups is 1. The fourth-order valence-corrected chi connectivity index (χ4v) is 18.2. The maximum absolute atomic E-state index is 11.8. The third-order valence-electron chi connectivity index (χ3n) is 15.9. The molecule has 0 fully saturated rings. The van der Waals surface area contributed by atoms with Gasteiger partial charge in [-0.2, -0.15) is 5.26 Å². The van der Waals surface area contributed by atoms with Crippen LogP contribution in [0.2, 0.25) is 0 Å². The number of esters is 2. The van der Waals surface area contributed by atoms with Gasteiger partial charge in [-0.3, -0.25) is 38.5 Å². The largest absolute Gasteiger partial charge is 1.00 e. The zero-order chi connectivity index (χ0) is 106. The molecule has 7 aromatic rings. The summed E-state index contributed by atoms with van der Waals surface area (Å²) in [5.41, 5.74) is 8.11. The second kappa shape index (κ2) is 102. The van der Waals surface area contributed by atoms with Gasteiger partial charge in [0.15, 0.2) is 17.9 Å². The van der Waals surface area contributed by atoms with E-state index in [1.165, 1.54) is 69.9 Å². The number of Topliss-reactive ketones (excluding diaryl/α,β-unsaturated/α-hetero) is 2. The smallest absolute Gasteiger partial charge is 0.870 e. The van der Waals surface area contributed by atoms with Crippen molar-refractivity contribution in [3.8, 4) is 6.07 Å². The van der Waals surface area contributed by atoms with E-state index in [1.807, 2.05) is 63.4 Å². The number of hydrogen-bond acceptors (Lipinski definition) is 41. The van der Waals surface area contributed by atoms with Gasteiger partial charge in [0.05, 0.1) is 83.4 Å². The number of aldehydes is 1. The Balaban J connectivity index is -0.000000235. The van der Waals surface area contributed by atoms with E-state index in [9.17, 15) is 62.3 Å². The summed E-state index contributed by atoms with van der Waals surface area (Å²) in [5.74, 6) is -2.78. The summed E-state index contributed by atoms with van der Waals surface area (Å²) >= 11 is 30.1. The van der Waals surface area contributed by atoms with Crippen LogP contribution in [0.3, 0.4) is 0 Å². The summed E-state index contributed by atoms with van der Waals surface area (Å²) in [5, 5.41) is 27.0. The molecule has 0 aromatic carbocycles. The number of thiophene rings is 7. The molecule has 0 spiro atoms. The number of nitrogens with two attached hydrogens (primary N) is 1. The number of rotatable bonds is 26. The van der Waals surface area contributed by atoms with Gasteiger partial charge in [-0.05, 0) is 255 Å². The number of nitrogens with zero attached hydrogens (tertiary/aromatic N) is 7. The molecule has 143 heavy (non-hydrogen) atoms. The van der Waals surface area contributed by atoms with Crippen molar-refractivity contribution in [3.05, 3.63) is 150 Å². The van der Waals surface area contributed by atoms with E-state index in [-0.39, 0.29) is 157 Å². The van der Waals surface area contributed by atoms with Crippen LogP contribution in [0.15, 0.2) is 104 Å². The summed E-state index contributed by atoms with van der Waals surface area (Å²) in [6.45, 7) is 32.6. The average molecular weight is 2390 g/mol. The van der Waals surface area contributed by atoms with Gasteiger partial charge < -0.3 is 96.9 Å². The number of nitrogens with one attached hydrogen (secondary N) is 1. The van der Waals surface area contributed by atoms with Gasteiger partial charge in [0.1, 0.15) is 6.54 Å². The zero-order valence-corrected chi connectivity index (χ0v) is 102. The van der Waals surface area contributed by atoms with E-state index in [2.05, 4.69) is 163 Å². The summed E-state index contributed by atoms with van der Waals surface area (Å²) in [7, 11) is 8.66. The van der Waals surface area contributed by atoms with E-state index in [4.69, 9.17) is 70.6 Å². The summed E-state index contributed by atoms with van der Waals surface area (Å²) in [6, 6.07) is 24.2. The number of halogens is 4. The number of fused-ring (bicyclic) bond motifs is 3. The minimum Gasteiger partial charge on any atom is -0.870 e. The van der Waals surface area contributed by atoms with Crippen LogP contribution in [0.4, 0.5) is 28.8 Å². The van der Waals surface area contributed by atoms with Crippen molar-refractivity contribution in [2.45, 2.75) is 155 Å². The molecule has 10 rings (SSSR count). The van der Waals surface area contributed by atoms with Gasteiger partial charge in [-0.15, -0.1) is 79.4 Å². The number of ether oxygens (including phenoxy) is 8. The van der Waals surface area contributed by atoms with Gasteiger partial charge in [-0.1, -0.05) is 12.1 Å². The first kappa shape index (κ1) is 152. The number of likely N-dealkylation sites (N-methyl/N-ethyl adjacent to an activating group) is 1. The van der Waals surface area contributed by atoms with Crippen molar-refractivity contribution < 1.29 is 229 Å². The van der Waals surface area contributed by atoms with Crippen LogP contribution in [0.5, 0.6) is 0 Å². The first-order valence-electron chi connectivity index (χ1n) is 42.8. The SMILES string of the molecule is CC#N.CC(=O)C=O.CC(=O)OOC(C)=O.CCOC(=O)CN(CCc1ccc(Br)s1)C(=O)OCC.CCOC(=O)CNCCc1ccc(Br)s1.CCOC(=O)Cl.CCOC(=O)N(CC)CCc1cccs1.CCOC(=O)N1CCc2cc(Br)sc2CC1.CCOC(=O)N1CCc2ccsc2CC1.CCOC(=O)N1CCc2sccc2C(=O)C1.NCCc1cccs1.O=CO[O-].[B-]OC(C)=O.[B]=NS.[Na+].[Na+].[Na+].[OH-]. The van der Waals surface area contributed by atoms with Crippen LogP contribution >= 0.6 is 152 Å². The Hall–Kier alpha value is -6.11. The molecule has 4 N–H and O–H groups in total. The van der Waals surface area contributed by atoms with E-state index in [1.54, 1.807) is 135 Å². The van der Waals surface area contributed by atoms with Crippen LogP contribution in [0.25, 0.3) is 0 Å². The molecular formula is C88H124B2Br3ClN9Na3O29S8. The van der Waals surface area contributed by atoms with Crippen molar-refractivity contribution in [2.75, 3.05) is 138 Å². The van der Waals surface area contributed by atoms with E-state index in [0.717, 1.165) is 134 Å². The molecule has 7 aromatic heterocycles.